The molecule has 7 heteroatoms. The number of carbonyl (C=O) groups is 1. The van der Waals surface area contributed by atoms with Crippen molar-refractivity contribution in [3.05, 3.63) is 105 Å². The van der Waals surface area contributed by atoms with Crippen molar-refractivity contribution in [3.8, 4) is 17.2 Å². The van der Waals surface area contributed by atoms with Crippen molar-refractivity contribution in [3.63, 3.8) is 0 Å². The Morgan fingerprint density at radius 3 is 2.39 bits per heavy atom. The van der Waals surface area contributed by atoms with Gasteiger partial charge in [0.25, 0.3) is 0 Å². The van der Waals surface area contributed by atoms with E-state index in [1.807, 2.05) is 13.8 Å². The number of esters is 1. The lowest BCUT2D eigenvalue weighted by Crippen LogP contribution is -2.06. The van der Waals surface area contributed by atoms with Gasteiger partial charge >= 0.3 is 5.97 Å². The monoisotopic (exact) mass is 464 g/mol. The minimum atomic E-state index is -0.630. The summed E-state index contributed by atoms with van der Waals surface area (Å²) in [5.74, 6) is -0.291. The molecule has 0 radical (unpaired) electrons. The lowest BCUT2D eigenvalue weighted by Gasteiger charge is -2.09. The number of halogens is 2. The van der Waals surface area contributed by atoms with Crippen molar-refractivity contribution in [2.45, 2.75) is 13.8 Å². The van der Waals surface area contributed by atoms with Crippen LogP contribution in [0.3, 0.4) is 0 Å². The first-order chi connectivity index (χ1) is 15.8. The number of rotatable bonds is 5. The van der Waals surface area contributed by atoms with E-state index in [1.54, 1.807) is 12.1 Å². The first-order valence-electron chi connectivity index (χ1n) is 9.96. The predicted molar refractivity (Wildman–Crippen MR) is 125 cm³/mol. The van der Waals surface area contributed by atoms with E-state index in [1.165, 1.54) is 60.9 Å². The van der Waals surface area contributed by atoms with Gasteiger partial charge in [-0.25, -0.2) is 9.18 Å². The molecule has 1 aromatic heterocycles. The average Bonchev–Trinajstić information content (AvgIpc) is 2.79. The molecule has 4 aromatic rings. The summed E-state index contributed by atoms with van der Waals surface area (Å²) in [6, 6.07) is 13.6. The summed E-state index contributed by atoms with van der Waals surface area (Å²) < 4.78 is 29.5. The minimum Gasteiger partial charge on any atom is -0.460 e. The molecule has 166 valence electrons. The lowest BCUT2D eigenvalue weighted by molar-refractivity contribution is -0.128. The van der Waals surface area contributed by atoms with Crippen molar-refractivity contribution in [2.75, 3.05) is 0 Å². The highest BCUT2D eigenvalue weighted by Crippen LogP contribution is 2.29. The van der Waals surface area contributed by atoms with Crippen molar-refractivity contribution in [1.29, 1.82) is 0 Å². The van der Waals surface area contributed by atoms with Gasteiger partial charge in [0, 0.05) is 17.2 Å². The molecule has 0 N–H and O–H groups in total. The van der Waals surface area contributed by atoms with Crippen molar-refractivity contribution < 1.29 is 23.1 Å². The maximum absolute atomic E-state index is 13.0. The van der Waals surface area contributed by atoms with Gasteiger partial charge in [0.15, 0.2) is 0 Å². The molecule has 1 heterocycles. The molecule has 0 aliphatic rings. The highest BCUT2D eigenvalue weighted by atomic mass is 35.5. The Kier molecular flexibility index (Phi) is 6.29. The first-order valence-corrected chi connectivity index (χ1v) is 10.3. The van der Waals surface area contributed by atoms with Gasteiger partial charge < -0.3 is 13.9 Å². The second-order valence-electron chi connectivity index (χ2n) is 7.37. The molecule has 0 saturated carbocycles. The summed E-state index contributed by atoms with van der Waals surface area (Å²) in [6.07, 6.45) is 3.94. The smallest absolute Gasteiger partial charge is 0.336 e. The maximum atomic E-state index is 13.0. The minimum absolute atomic E-state index is 0.0237. The summed E-state index contributed by atoms with van der Waals surface area (Å²) in [7, 11) is 0. The maximum Gasteiger partial charge on any atom is 0.336 e. The summed E-state index contributed by atoms with van der Waals surface area (Å²) in [4.78, 5) is 24.9. The molecule has 0 fully saturated rings. The topological polar surface area (TPSA) is 65.7 Å². The molecule has 33 heavy (non-hydrogen) atoms. The number of hydrogen-bond acceptors (Lipinski definition) is 5. The Balaban J connectivity index is 1.52. The van der Waals surface area contributed by atoms with Crippen LogP contribution in [-0.4, -0.2) is 5.97 Å². The molecule has 0 aliphatic heterocycles. The number of hydrogen-bond donors (Lipinski definition) is 0. The van der Waals surface area contributed by atoms with Crippen LogP contribution < -0.4 is 14.9 Å². The summed E-state index contributed by atoms with van der Waals surface area (Å²) in [5, 5.41) is 0.916. The highest BCUT2D eigenvalue weighted by molar-refractivity contribution is 6.32. The first kappa shape index (κ1) is 22.3. The largest absolute Gasteiger partial charge is 0.460 e. The fourth-order valence-corrected chi connectivity index (χ4v) is 3.31. The van der Waals surface area contributed by atoms with Crippen LogP contribution in [0.5, 0.6) is 17.2 Å². The fourth-order valence-electron chi connectivity index (χ4n) is 3.21. The van der Waals surface area contributed by atoms with Crippen LogP contribution in [0.25, 0.3) is 17.0 Å². The SMILES string of the molecule is Cc1cc(Oc2coc3cc(OC(=O)/C=C/c4ccc(F)cc4)ccc3c2=O)cc(C)c1Cl. The van der Waals surface area contributed by atoms with E-state index in [4.69, 9.17) is 25.5 Å². The summed E-state index contributed by atoms with van der Waals surface area (Å²) in [6.45, 7) is 3.70. The van der Waals surface area contributed by atoms with Gasteiger partial charge in [-0.1, -0.05) is 23.7 Å². The van der Waals surface area contributed by atoms with E-state index in [0.29, 0.717) is 16.3 Å². The molecule has 5 nitrogen and oxygen atoms in total. The Morgan fingerprint density at radius 1 is 1.00 bits per heavy atom. The van der Waals surface area contributed by atoms with Gasteiger partial charge in [0.1, 0.15) is 29.2 Å². The van der Waals surface area contributed by atoms with E-state index in [2.05, 4.69) is 0 Å². The molecule has 0 unspecified atom stereocenters. The van der Waals surface area contributed by atoms with E-state index in [9.17, 15) is 14.0 Å². The van der Waals surface area contributed by atoms with Gasteiger partial charge in [-0.2, -0.15) is 0 Å². The van der Waals surface area contributed by atoms with Crippen LogP contribution >= 0.6 is 11.6 Å². The van der Waals surface area contributed by atoms with Crippen molar-refractivity contribution in [1.82, 2.24) is 0 Å². The Labute approximate surface area is 193 Å². The van der Waals surface area contributed by atoms with Crippen molar-refractivity contribution >= 4 is 34.6 Å². The predicted octanol–water partition coefficient (Wildman–Crippen LogP) is 6.61. The zero-order valence-corrected chi connectivity index (χ0v) is 18.5. The third-order valence-corrected chi connectivity index (χ3v) is 5.45. The standard InChI is InChI=1S/C26H18ClFO5/c1-15-11-20(12-16(2)25(15)27)32-23-14-31-22-13-19(8-9-21(22)26(23)30)33-24(29)10-5-17-3-6-18(28)7-4-17/h3-14H,1-2H3/b10-5+. The number of fused-ring (bicyclic) bond motifs is 1. The number of benzene rings is 3. The van der Waals surface area contributed by atoms with E-state index >= 15 is 0 Å². The Bertz CT molecular complexity index is 1410. The second-order valence-corrected chi connectivity index (χ2v) is 7.74. The van der Waals surface area contributed by atoms with E-state index in [-0.39, 0.29) is 33.7 Å². The molecule has 0 aliphatic carbocycles. The fraction of sp³-hybridized carbons (Fsp3) is 0.0769. The van der Waals surface area contributed by atoms with Gasteiger partial charge in [-0.05, 0) is 73.0 Å². The lowest BCUT2D eigenvalue weighted by atomic mass is 10.1. The van der Waals surface area contributed by atoms with Gasteiger partial charge in [0.2, 0.25) is 11.2 Å². The zero-order valence-electron chi connectivity index (χ0n) is 17.7. The molecule has 0 spiro atoms. The number of carbonyl (C=O) groups excluding carboxylic acids is 1. The zero-order chi connectivity index (χ0) is 23.5. The second kappa shape index (κ2) is 9.30. The Hall–Kier alpha value is -3.90. The third-order valence-electron chi connectivity index (χ3n) is 4.85. The highest BCUT2D eigenvalue weighted by Gasteiger charge is 2.12. The quantitative estimate of drug-likeness (QED) is 0.189. The van der Waals surface area contributed by atoms with E-state index in [0.717, 1.165) is 11.1 Å². The third kappa shape index (κ3) is 5.13. The summed E-state index contributed by atoms with van der Waals surface area (Å²) >= 11 is 6.18. The molecular weight excluding hydrogens is 447 g/mol. The molecule has 0 atom stereocenters. The van der Waals surface area contributed by atoms with Crippen LogP contribution in [0.15, 0.2) is 76.1 Å². The van der Waals surface area contributed by atoms with Crippen molar-refractivity contribution in [2.24, 2.45) is 0 Å². The number of aryl methyl sites for hydroxylation is 2. The molecule has 0 saturated heterocycles. The van der Waals surface area contributed by atoms with Gasteiger partial charge in [-0.3, -0.25) is 4.79 Å². The molecular formula is C26H18ClFO5. The van der Waals surface area contributed by atoms with E-state index < -0.39 is 5.97 Å². The van der Waals surface area contributed by atoms with Crippen LogP contribution in [0, 0.1) is 19.7 Å². The van der Waals surface area contributed by atoms with Crippen LogP contribution in [0.1, 0.15) is 16.7 Å². The van der Waals surface area contributed by atoms with Gasteiger partial charge in [0.05, 0.1) is 5.39 Å². The van der Waals surface area contributed by atoms with Crippen LogP contribution in [0.4, 0.5) is 4.39 Å². The molecule has 0 bridgehead atoms. The molecule has 4 rings (SSSR count). The van der Waals surface area contributed by atoms with Gasteiger partial charge in [-0.15, -0.1) is 0 Å². The van der Waals surface area contributed by atoms with Crippen LogP contribution in [0.2, 0.25) is 5.02 Å². The molecule has 3 aromatic carbocycles. The Morgan fingerprint density at radius 2 is 1.70 bits per heavy atom. The number of ether oxygens (including phenoxy) is 2. The summed E-state index contributed by atoms with van der Waals surface area (Å²) in [5.41, 5.74) is 2.18. The normalized spacial score (nSPS) is 11.2. The van der Waals surface area contributed by atoms with Crippen LogP contribution in [-0.2, 0) is 4.79 Å². The molecule has 0 amide bonds. The average molecular weight is 465 g/mol.